The molecular weight excluding hydrogens is 501 g/mol. The monoisotopic (exact) mass is 513 g/mol. The van der Waals surface area contributed by atoms with Gasteiger partial charge in [-0.05, 0) is 54.4 Å². The molecule has 0 aliphatic heterocycles. The van der Waals surface area contributed by atoms with Crippen molar-refractivity contribution in [1.82, 2.24) is 15.1 Å². The second-order valence-electron chi connectivity index (χ2n) is 6.29. The maximum Gasteiger partial charge on any atom is 0.255 e. The Hall–Kier alpha value is -1.86. The number of carbonyl (C=O) groups is 2. The van der Waals surface area contributed by atoms with Crippen LogP contribution in [-0.4, -0.2) is 20.9 Å². The number of nitrogens with one attached hydrogen (secondary N) is 1. The quantitative estimate of drug-likeness (QED) is 0.417. The number of hydrogen-bond acceptors (Lipinski definition) is 3. The number of carbonyl (C=O) groups excluding carboxylic acids is 2. The van der Waals surface area contributed by atoms with Crippen molar-refractivity contribution >= 4 is 61.9 Å². The van der Waals surface area contributed by atoms with Gasteiger partial charge in [0.15, 0.2) is 0 Å². The van der Waals surface area contributed by atoms with E-state index in [0.717, 1.165) is 10.0 Å². The van der Waals surface area contributed by atoms with E-state index < -0.39 is 11.3 Å². The van der Waals surface area contributed by atoms with Gasteiger partial charge < -0.3 is 5.32 Å². The molecule has 0 aliphatic rings. The fourth-order valence-electron chi connectivity index (χ4n) is 2.88. The van der Waals surface area contributed by atoms with Crippen LogP contribution >= 0.6 is 50.7 Å². The summed E-state index contributed by atoms with van der Waals surface area (Å²) in [6, 6.07) is 11.8. The van der Waals surface area contributed by atoms with E-state index in [1.807, 2.05) is 24.3 Å². The number of aromatic nitrogens is 2. The van der Waals surface area contributed by atoms with E-state index >= 15 is 0 Å². The highest BCUT2D eigenvalue weighted by Gasteiger charge is 2.22. The van der Waals surface area contributed by atoms with Gasteiger partial charge in [0.2, 0.25) is 5.24 Å². The summed E-state index contributed by atoms with van der Waals surface area (Å²) in [5, 5.41) is 7.43. The van der Waals surface area contributed by atoms with Crippen LogP contribution in [0.25, 0.3) is 5.69 Å². The van der Waals surface area contributed by atoms with Crippen LogP contribution in [0.4, 0.5) is 0 Å². The topological polar surface area (TPSA) is 64.0 Å². The van der Waals surface area contributed by atoms with Gasteiger partial charge in [-0.2, -0.15) is 5.10 Å². The molecule has 2 aromatic carbocycles. The van der Waals surface area contributed by atoms with Crippen molar-refractivity contribution in [3.05, 3.63) is 80.0 Å². The van der Waals surface area contributed by atoms with Gasteiger partial charge in [-0.25, -0.2) is 4.68 Å². The standard InChI is InChI=1S/C20H15BrCl3N3O2/c1-11-15(10-25-27(11)14-5-6-16(22)17(23)8-14)20(29)26-18(9-19(24)28)12-3-2-4-13(21)7-12/h2-8,10,18H,9H2,1H3,(H,26,29). The van der Waals surface area contributed by atoms with Crippen LogP contribution in [0.2, 0.25) is 10.0 Å². The lowest BCUT2D eigenvalue weighted by molar-refractivity contribution is -0.112. The average molecular weight is 516 g/mol. The average Bonchev–Trinajstić information content (AvgIpc) is 3.04. The first kappa shape index (κ1) is 21.8. The number of nitrogens with zero attached hydrogens (tertiary/aromatic N) is 2. The number of benzene rings is 2. The van der Waals surface area contributed by atoms with Crippen LogP contribution in [0.5, 0.6) is 0 Å². The molecule has 0 saturated heterocycles. The van der Waals surface area contributed by atoms with Crippen molar-refractivity contribution in [1.29, 1.82) is 0 Å². The number of rotatable bonds is 6. The molecule has 0 radical (unpaired) electrons. The lowest BCUT2D eigenvalue weighted by Crippen LogP contribution is -2.30. The van der Waals surface area contributed by atoms with Crippen LogP contribution in [0.1, 0.15) is 34.1 Å². The van der Waals surface area contributed by atoms with E-state index in [1.165, 1.54) is 6.20 Å². The van der Waals surface area contributed by atoms with Crippen LogP contribution < -0.4 is 5.32 Å². The van der Waals surface area contributed by atoms with Gasteiger partial charge in [-0.3, -0.25) is 9.59 Å². The fourth-order valence-corrected chi connectivity index (χ4v) is 3.75. The summed E-state index contributed by atoms with van der Waals surface area (Å²) >= 11 is 21.0. The van der Waals surface area contributed by atoms with Crippen molar-refractivity contribution in [3.63, 3.8) is 0 Å². The maximum atomic E-state index is 12.9. The molecule has 150 valence electrons. The lowest BCUT2D eigenvalue weighted by atomic mass is 10.0. The summed E-state index contributed by atoms with van der Waals surface area (Å²) in [7, 11) is 0. The summed E-state index contributed by atoms with van der Waals surface area (Å²) in [6.45, 7) is 1.77. The van der Waals surface area contributed by atoms with Gasteiger partial charge >= 0.3 is 0 Å². The molecule has 5 nitrogen and oxygen atoms in total. The molecule has 3 aromatic rings. The van der Waals surface area contributed by atoms with Crippen LogP contribution in [0.3, 0.4) is 0 Å². The first-order chi connectivity index (χ1) is 13.8. The second kappa shape index (κ2) is 9.30. The van der Waals surface area contributed by atoms with Crippen LogP contribution in [-0.2, 0) is 4.79 Å². The van der Waals surface area contributed by atoms with Gasteiger partial charge in [0.05, 0.1) is 39.2 Å². The van der Waals surface area contributed by atoms with Crippen molar-refractivity contribution in [3.8, 4) is 5.69 Å². The van der Waals surface area contributed by atoms with Crippen molar-refractivity contribution in [2.45, 2.75) is 19.4 Å². The predicted octanol–water partition coefficient (Wildman–Crippen LogP) is 5.88. The molecule has 3 rings (SSSR count). The van der Waals surface area contributed by atoms with Crippen molar-refractivity contribution in [2.24, 2.45) is 0 Å². The van der Waals surface area contributed by atoms with Gasteiger partial charge in [-0.1, -0.05) is 51.3 Å². The molecule has 29 heavy (non-hydrogen) atoms. The lowest BCUT2D eigenvalue weighted by Gasteiger charge is -2.18. The summed E-state index contributed by atoms with van der Waals surface area (Å²) < 4.78 is 2.43. The molecule has 0 bridgehead atoms. The highest BCUT2D eigenvalue weighted by molar-refractivity contribution is 9.10. The van der Waals surface area contributed by atoms with Crippen LogP contribution in [0, 0.1) is 6.92 Å². The maximum absolute atomic E-state index is 12.9. The Bertz CT molecular complexity index is 1080. The normalized spacial score (nSPS) is 11.9. The van der Waals surface area contributed by atoms with Gasteiger partial charge in [-0.15, -0.1) is 0 Å². The Morgan fingerprint density at radius 3 is 2.59 bits per heavy atom. The van der Waals surface area contributed by atoms with E-state index in [0.29, 0.717) is 27.0 Å². The smallest absolute Gasteiger partial charge is 0.255 e. The highest BCUT2D eigenvalue weighted by Crippen LogP contribution is 2.26. The Morgan fingerprint density at radius 2 is 1.93 bits per heavy atom. The zero-order valence-corrected chi connectivity index (χ0v) is 19.0. The zero-order chi connectivity index (χ0) is 21.1. The highest BCUT2D eigenvalue weighted by atomic mass is 79.9. The minimum absolute atomic E-state index is 0.0380. The molecule has 0 spiro atoms. The van der Waals surface area contributed by atoms with Gasteiger partial charge in [0, 0.05) is 10.9 Å². The van der Waals surface area contributed by atoms with E-state index in [2.05, 4.69) is 26.3 Å². The third kappa shape index (κ3) is 5.20. The Kier molecular flexibility index (Phi) is 7.01. The van der Waals surface area contributed by atoms with E-state index in [4.69, 9.17) is 34.8 Å². The Labute approximate surface area is 191 Å². The van der Waals surface area contributed by atoms with E-state index in [9.17, 15) is 9.59 Å². The first-order valence-electron chi connectivity index (χ1n) is 8.51. The molecule has 1 atom stereocenters. The molecule has 1 amide bonds. The molecule has 1 aromatic heterocycles. The molecular formula is C20H15BrCl3N3O2. The second-order valence-corrected chi connectivity index (χ2v) is 8.45. The summed E-state index contributed by atoms with van der Waals surface area (Å²) in [4.78, 5) is 24.4. The molecule has 0 saturated carbocycles. The van der Waals surface area contributed by atoms with Crippen molar-refractivity contribution in [2.75, 3.05) is 0 Å². The van der Waals surface area contributed by atoms with E-state index in [1.54, 1.807) is 29.8 Å². The SMILES string of the molecule is Cc1c(C(=O)NC(CC(=O)Cl)c2cccc(Br)c2)cnn1-c1ccc(Cl)c(Cl)c1. The molecule has 1 N–H and O–H groups in total. The van der Waals surface area contributed by atoms with Crippen molar-refractivity contribution < 1.29 is 9.59 Å². The summed E-state index contributed by atoms with van der Waals surface area (Å²) in [5.74, 6) is -0.364. The molecule has 1 heterocycles. The Morgan fingerprint density at radius 1 is 1.17 bits per heavy atom. The largest absolute Gasteiger partial charge is 0.345 e. The van der Waals surface area contributed by atoms with Gasteiger partial charge in [0.1, 0.15) is 0 Å². The fraction of sp³-hybridized carbons (Fsp3) is 0.150. The van der Waals surface area contributed by atoms with E-state index in [-0.39, 0.29) is 12.3 Å². The van der Waals surface area contributed by atoms with Crippen LogP contribution in [0.15, 0.2) is 53.1 Å². The van der Waals surface area contributed by atoms with Gasteiger partial charge in [0.25, 0.3) is 5.91 Å². The first-order valence-corrected chi connectivity index (χ1v) is 10.4. The predicted molar refractivity (Wildman–Crippen MR) is 118 cm³/mol. The third-order valence-electron chi connectivity index (χ3n) is 4.32. The summed E-state index contributed by atoms with van der Waals surface area (Å²) in [5.41, 5.74) is 2.43. The third-order valence-corrected chi connectivity index (χ3v) is 5.71. The molecule has 0 aliphatic carbocycles. The Balaban J connectivity index is 1.88. The molecule has 1 unspecified atom stereocenters. The number of halogens is 4. The summed E-state index contributed by atoms with van der Waals surface area (Å²) in [6.07, 6.45) is 1.43. The zero-order valence-electron chi connectivity index (χ0n) is 15.1. The minimum Gasteiger partial charge on any atom is -0.345 e. The minimum atomic E-state index is -0.572. The number of amides is 1. The number of hydrogen-bond donors (Lipinski definition) is 1. The molecule has 9 heteroatoms. The molecule has 0 fully saturated rings.